The Morgan fingerprint density at radius 3 is 2.83 bits per heavy atom. The van der Waals surface area contributed by atoms with Crippen molar-refractivity contribution >= 4 is 17.7 Å². The maximum absolute atomic E-state index is 12.6. The summed E-state index contributed by atoms with van der Waals surface area (Å²) in [6.07, 6.45) is 8.41. The lowest BCUT2D eigenvalue weighted by Crippen LogP contribution is -2.48. The van der Waals surface area contributed by atoms with Crippen molar-refractivity contribution in [1.29, 1.82) is 0 Å². The summed E-state index contributed by atoms with van der Waals surface area (Å²) in [5, 5.41) is 3.47. The first-order chi connectivity index (χ1) is 8.83. The van der Waals surface area contributed by atoms with E-state index in [-0.39, 0.29) is 5.25 Å². The van der Waals surface area contributed by atoms with Crippen LogP contribution in [0, 0.1) is 0 Å². The summed E-state index contributed by atoms with van der Waals surface area (Å²) in [6, 6.07) is 0.487. The predicted octanol–water partition coefficient (Wildman–Crippen LogP) is 2.26. The lowest BCUT2D eigenvalue weighted by molar-refractivity contribution is -0.134. The Morgan fingerprint density at radius 2 is 2.11 bits per heavy atom. The number of hydrogen-bond acceptors (Lipinski definition) is 3. The molecular formula is C14H26N2OS. The molecule has 1 N–H and O–H groups in total. The molecule has 0 aromatic carbocycles. The second kappa shape index (κ2) is 7.39. The quantitative estimate of drug-likeness (QED) is 0.850. The van der Waals surface area contributed by atoms with Crippen LogP contribution in [0.15, 0.2) is 0 Å². The van der Waals surface area contributed by atoms with Gasteiger partial charge in [-0.1, -0.05) is 6.42 Å². The minimum atomic E-state index is 0.258. The number of rotatable bonds is 4. The Bertz CT molecular complexity index is 267. The van der Waals surface area contributed by atoms with Gasteiger partial charge in [0.15, 0.2) is 0 Å². The van der Waals surface area contributed by atoms with Crippen LogP contribution in [0.1, 0.15) is 44.9 Å². The summed E-state index contributed by atoms with van der Waals surface area (Å²) in [6.45, 7) is 2.01. The standard InChI is InChI=1S/C14H26N2OS/c1-15-9-8-12-6-2-4-10-16(12)14(17)13-7-3-5-11-18-13/h12-13,15H,2-11H2,1H3. The van der Waals surface area contributed by atoms with E-state index in [0.29, 0.717) is 11.9 Å². The number of likely N-dealkylation sites (tertiary alicyclic amines) is 1. The van der Waals surface area contributed by atoms with Crippen LogP contribution in [0.2, 0.25) is 0 Å². The highest BCUT2D eigenvalue weighted by molar-refractivity contribution is 8.00. The molecule has 4 heteroatoms. The number of nitrogens with zero attached hydrogens (tertiary/aromatic N) is 1. The first-order valence-electron chi connectivity index (χ1n) is 7.39. The van der Waals surface area contributed by atoms with Gasteiger partial charge in [-0.15, -0.1) is 11.8 Å². The van der Waals surface area contributed by atoms with Crippen molar-refractivity contribution in [3.8, 4) is 0 Å². The van der Waals surface area contributed by atoms with E-state index in [9.17, 15) is 4.79 Å². The zero-order chi connectivity index (χ0) is 12.8. The van der Waals surface area contributed by atoms with Crippen molar-refractivity contribution < 1.29 is 4.79 Å². The van der Waals surface area contributed by atoms with Crippen molar-refractivity contribution in [2.75, 3.05) is 25.9 Å². The molecule has 0 aliphatic carbocycles. The van der Waals surface area contributed by atoms with E-state index in [1.165, 1.54) is 37.9 Å². The Balaban J connectivity index is 1.91. The summed E-state index contributed by atoms with van der Waals surface area (Å²) in [5.41, 5.74) is 0. The molecule has 2 unspecified atom stereocenters. The Kier molecular flexibility index (Phi) is 5.83. The van der Waals surface area contributed by atoms with Crippen LogP contribution >= 0.6 is 11.8 Å². The van der Waals surface area contributed by atoms with Crippen molar-refractivity contribution in [2.24, 2.45) is 0 Å². The van der Waals surface area contributed by atoms with Gasteiger partial charge < -0.3 is 10.2 Å². The van der Waals surface area contributed by atoms with Crippen LogP contribution in [-0.2, 0) is 4.79 Å². The maximum Gasteiger partial charge on any atom is 0.235 e. The fourth-order valence-electron chi connectivity index (χ4n) is 3.02. The summed E-state index contributed by atoms with van der Waals surface area (Å²) in [4.78, 5) is 14.8. The third-order valence-electron chi connectivity index (χ3n) is 4.09. The summed E-state index contributed by atoms with van der Waals surface area (Å²) < 4.78 is 0. The van der Waals surface area contributed by atoms with Crippen LogP contribution in [-0.4, -0.2) is 48.0 Å². The van der Waals surface area contributed by atoms with E-state index in [2.05, 4.69) is 10.2 Å². The second-order valence-electron chi connectivity index (χ2n) is 5.43. The highest BCUT2D eigenvalue weighted by atomic mass is 32.2. The zero-order valence-corrected chi connectivity index (χ0v) is 12.3. The van der Waals surface area contributed by atoms with E-state index >= 15 is 0 Å². The van der Waals surface area contributed by atoms with Crippen molar-refractivity contribution in [1.82, 2.24) is 10.2 Å². The van der Waals surface area contributed by atoms with Crippen LogP contribution in [0.5, 0.6) is 0 Å². The van der Waals surface area contributed by atoms with Crippen LogP contribution < -0.4 is 5.32 Å². The van der Waals surface area contributed by atoms with Gasteiger partial charge in [-0.3, -0.25) is 4.79 Å². The van der Waals surface area contributed by atoms with Crippen molar-refractivity contribution in [3.05, 3.63) is 0 Å². The molecule has 2 aliphatic heterocycles. The number of piperidine rings is 1. The molecule has 3 nitrogen and oxygen atoms in total. The molecule has 0 radical (unpaired) electrons. The van der Waals surface area contributed by atoms with E-state index in [0.717, 1.165) is 25.9 Å². The number of carbonyl (C=O) groups is 1. The molecule has 2 saturated heterocycles. The molecule has 0 bridgehead atoms. The molecule has 2 aliphatic rings. The van der Waals surface area contributed by atoms with Crippen LogP contribution in [0.4, 0.5) is 0 Å². The lowest BCUT2D eigenvalue weighted by Gasteiger charge is -2.38. The highest BCUT2D eigenvalue weighted by Crippen LogP contribution is 2.29. The molecule has 18 heavy (non-hydrogen) atoms. The Labute approximate surface area is 115 Å². The number of amides is 1. The first kappa shape index (κ1) is 14.2. The molecule has 2 heterocycles. The molecule has 2 rings (SSSR count). The average Bonchev–Trinajstić information content (AvgIpc) is 2.45. The number of hydrogen-bond donors (Lipinski definition) is 1. The van der Waals surface area contributed by atoms with Gasteiger partial charge in [0.25, 0.3) is 0 Å². The lowest BCUT2D eigenvalue weighted by atomic mass is 9.98. The SMILES string of the molecule is CNCCC1CCCCN1C(=O)C1CCCCS1. The minimum absolute atomic E-state index is 0.258. The summed E-state index contributed by atoms with van der Waals surface area (Å²) in [7, 11) is 1.99. The van der Waals surface area contributed by atoms with Crippen LogP contribution in [0.3, 0.4) is 0 Å². The fraction of sp³-hybridized carbons (Fsp3) is 0.929. The molecule has 104 valence electrons. The number of carbonyl (C=O) groups excluding carboxylic acids is 1. The van der Waals surface area contributed by atoms with Gasteiger partial charge in [-0.25, -0.2) is 0 Å². The van der Waals surface area contributed by atoms with Crippen LogP contribution in [0.25, 0.3) is 0 Å². The monoisotopic (exact) mass is 270 g/mol. The van der Waals surface area contributed by atoms with Gasteiger partial charge in [0.2, 0.25) is 5.91 Å². The van der Waals surface area contributed by atoms with Gasteiger partial charge in [0.05, 0.1) is 5.25 Å². The van der Waals surface area contributed by atoms with E-state index in [1.54, 1.807) is 0 Å². The highest BCUT2D eigenvalue weighted by Gasteiger charge is 2.32. The molecule has 0 spiro atoms. The molecule has 0 saturated carbocycles. The molecule has 2 fully saturated rings. The molecule has 0 aromatic heterocycles. The van der Waals surface area contributed by atoms with E-state index in [4.69, 9.17) is 0 Å². The minimum Gasteiger partial charge on any atom is -0.339 e. The van der Waals surface area contributed by atoms with Crippen molar-refractivity contribution in [2.45, 2.75) is 56.2 Å². The third-order valence-corrected chi connectivity index (χ3v) is 5.46. The number of nitrogens with one attached hydrogen (secondary N) is 1. The van der Waals surface area contributed by atoms with Gasteiger partial charge >= 0.3 is 0 Å². The van der Waals surface area contributed by atoms with Gasteiger partial charge in [-0.2, -0.15) is 0 Å². The largest absolute Gasteiger partial charge is 0.339 e. The molecule has 2 atom stereocenters. The normalized spacial score (nSPS) is 29.3. The molecule has 1 amide bonds. The van der Waals surface area contributed by atoms with E-state index < -0.39 is 0 Å². The number of thioether (sulfide) groups is 1. The van der Waals surface area contributed by atoms with Gasteiger partial charge in [-0.05, 0) is 57.9 Å². The topological polar surface area (TPSA) is 32.3 Å². The Hall–Kier alpha value is -0.220. The smallest absolute Gasteiger partial charge is 0.235 e. The average molecular weight is 270 g/mol. The summed E-state index contributed by atoms with van der Waals surface area (Å²) in [5.74, 6) is 1.60. The molecule has 0 aromatic rings. The maximum atomic E-state index is 12.6. The van der Waals surface area contributed by atoms with Gasteiger partial charge in [0.1, 0.15) is 0 Å². The summed E-state index contributed by atoms with van der Waals surface area (Å²) >= 11 is 1.88. The fourth-order valence-corrected chi connectivity index (χ4v) is 4.29. The predicted molar refractivity (Wildman–Crippen MR) is 78.0 cm³/mol. The first-order valence-corrected chi connectivity index (χ1v) is 8.44. The molecular weight excluding hydrogens is 244 g/mol. The van der Waals surface area contributed by atoms with Gasteiger partial charge in [0, 0.05) is 12.6 Å². The van der Waals surface area contributed by atoms with E-state index in [1.807, 2.05) is 18.8 Å². The second-order valence-corrected chi connectivity index (χ2v) is 6.74. The van der Waals surface area contributed by atoms with Crippen molar-refractivity contribution in [3.63, 3.8) is 0 Å². The Morgan fingerprint density at radius 1 is 1.28 bits per heavy atom. The zero-order valence-electron chi connectivity index (χ0n) is 11.5. The third kappa shape index (κ3) is 3.64.